The normalized spacial score (nSPS) is 34.9. The van der Waals surface area contributed by atoms with Gasteiger partial charge in [-0.05, 0) is 73.8 Å². The highest BCUT2D eigenvalue weighted by atomic mass is 19.3. The molecule has 1 aromatic carbocycles. The van der Waals surface area contributed by atoms with E-state index in [2.05, 4.69) is 46.0 Å². The minimum absolute atomic E-state index is 0.00354. The van der Waals surface area contributed by atoms with Crippen LogP contribution in [0.2, 0.25) is 0 Å². The number of nitrogens with zero attached hydrogens (tertiary/aromatic N) is 3. The standard InChI is InChI=1S/C33H41F2N3O3/c34-33(35)17-27(33)32(41)16-23-15-25(32)29-28(23)30(39)38(31(29)40)19-22-7-2-1-6-21(22)18-36-12-10-24(11-13-36)37-14-9-20-5-3-4-8-26(20)37/h3-5,8-9,14,21-25,27,39-41H,1-2,6-7,10-13,15-19H2/t21-,22-,23?,25?,27?,32?/m0/s1. The van der Waals surface area contributed by atoms with Gasteiger partial charge in [0.1, 0.15) is 0 Å². The number of alkyl halides is 2. The second-order valence-electron chi connectivity index (χ2n) is 13.9. The summed E-state index contributed by atoms with van der Waals surface area (Å²) in [5.74, 6) is -3.62. The lowest BCUT2D eigenvalue weighted by molar-refractivity contribution is -0.0399. The summed E-state index contributed by atoms with van der Waals surface area (Å²) < 4.78 is 32.1. The Morgan fingerprint density at radius 3 is 2.27 bits per heavy atom. The van der Waals surface area contributed by atoms with E-state index in [0.29, 0.717) is 42.0 Å². The number of aliphatic hydroxyl groups is 1. The predicted octanol–water partition coefficient (Wildman–Crippen LogP) is 6.36. The first-order valence-corrected chi connectivity index (χ1v) is 15.8. The summed E-state index contributed by atoms with van der Waals surface area (Å²) in [6.07, 6.45) is 9.58. The molecule has 0 spiro atoms. The van der Waals surface area contributed by atoms with Crippen LogP contribution in [0.1, 0.15) is 86.8 Å². The van der Waals surface area contributed by atoms with Gasteiger partial charge in [0.2, 0.25) is 0 Å². The highest BCUT2D eigenvalue weighted by molar-refractivity contribution is 5.80. The van der Waals surface area contributed by atoms with Gasteiger partial charge < -0.3 is 24.8 Å². The molecule has 4 unspecified atom stereocenters. The predicted molar refractivity (Wildman–Crippen MR) is 153 cm³/mol. The van der Waals surface area contributed by atoms with Gasteiger partial charge in [-0.2, -0.15) is 0 Å². The fourth-order valence-electron chi connectivity index (χ4n) is 9.52. The van der Waals surface area contributed by atoms with E-state index < -0.39 is 23.4 Å². The van der Waals surface area contributed by atoms with Gasteiger partial charge in [-0.15, -0.1) is 0 Å². The van der Waals surface area contributed by atoms with Gasteiger partial charge in [-0.1, -0.05) is 31.0 Å². The van der Waals surface area contributed by atoms with Crippen LogP contribution in [0.4, 0.5) is 8.78 Å². The van der Waals surface area contributed by atoms with Crippen molar-refractivity contribution in [3.8, 4) is 11.8 Å². The molecule has 0 radical (unpaired) electrons. The third kappa shape index (κ3) is 3.99. The average molecular weight is 566 g/mol. The second kappa shape index (κ2) is 9.21. The van der Waals surface area contributed by atoms with Gasteiger partial charge >= 0.3 is 0 Å². The largest absolute Gasteiger partial charge is 0.494 e. The third-order valence-corrected chi connectivity index (χ3v) is 11.7. The Labute approximate surface area is 239 Å². The van der Waals surface area contributed by atoms with Crippen LogP contribution < -0.4 is 0 Å². The quantitative estimate of drug-likeness (QED) is 0.325. The second-order valence-corrected chi connectivity index (χ2v) is 13.9. The highest BCUT2D eigenvalue weighted by Gasteiger charge is 2.72. The zero-order valence-corrected chi connectivity index (χ0v) is 23.6. The van der Waals surface area contributed by atoms with Crippen molar-refractivity contribution < 1.29 is 24.1 Å². The van der Waals surface area contributed by atoms with Crippen molar-refractivity contribution in [2.75, 3.05) is 19.6 Å². The number of rotatable bonds is 6. The monoisotopic (exact) mass is 565 g/mol. The van der Waals surface area contributed by atoms with E-state index in [9.17, 15) is 24.1 Å². The smallest absolute Gasteiger partial charge is 0.254 e. The number of aromatic hydroxyl groups is 2. The van der Waals surface area contributed by atoms with E-state index >= 15 is 0 Å². The van der Waals surface area contributed by atoms with Crippen LogP contribution in [-0.2, 0) is 6.54 Å². The Kier molecular flexibility index (Phi) is 5.86. The van der Waals surface area contributed by atoms with Crippen molar-refractivity contribution >= 4 is 10.9 Å². The van der Waals surface area contributed by atoms with Crippen LogP contribution in [0, 0.1) is 17.8 Å². The summed E-state index contributed by atoms with van der Waals surface area (Å²) >= 11 is 0. The average Bonchev–Trinajstić information content (AvgIpc) is 3.36. The zero-order chi connectivity index (χ0) is 28.1. The number of piperidine rings is 1. The number of fused-ring (bicyclic) bond motifs is 6. The minimum atomic E-state index is -2.82. The summed E-state index contributed by atoms with van der Waals surface area (Å²) in [7, 11) is 0. The van der Waals surface area contributed by atoms with Crippen LogP contribution >= 0.6 is 0 Å². The third-order valence-electron chi connectivity index (χ3n) is 11.7. The Morgan fingerprint density at radius 1 is 0.854 bits per heavy atom. The first-order chi connectivity index (χ1) is 19.7. The Bertz CT molecular complexity index is 1470. The lowest BCUT2D eigenvalue weighted by atomic mass is 9.78. The lowest BCUT2D eigenvalue weighted by Crippen LogP contribution is -2.40. The zero-order valence-electron chi connectivity index (χ0n) is 23.6. The Balaban J connectivity index is 0.959. The van der Waals surface area contributed by atoms with Crippen molar-refractivity contribution in [2.24, 2.45) is 17.8 Å². The molecule has 220 valence electrons. The van der Waals surface area contributed by atoms with Gasteiger partial charge in [0.25, 0.3) is 5.92 Å². The molecule has 6 nitrogen and oxygen atoms in total. The molecule has 3 aromatic rings. The number of hydrogen-bond donors (Lipinski definition) is 3. The van der Waals surface area contributed by atoms with Gasteiger partial charge in [0.15, 0.2) is 11.8 Å². The number of para-hydroxylation sites is 1. The first-order valence-electron chi connectivity index (χ1n) is 15.8. The molecule has 3 saturated carbocycles. The van der Waals surface area contributed by atoms with Crippen molar-refractivity contribution in [1.29, 1.82) is 0 Å². The van der Waals surface area contributed by atoms with E-state index in [-0.39, 0.29) is 30.5 Å². The van der Waals surface area contributed by atoms with Crippen LogP contribution in [0.25, 0.3) is 10.9 Å². The fourth-order valence-corrected chi connectivity index (χ4v) is 9.52. The summed E-state index contributed by atoms with van der Waals surface area (Å²) in [5, 5.41) is 35.2. The fraction of sp³-hybridized carbons (Fsp3) is 0.636. The summed E-state index contributed by atoms with van der Waals surface area (Å²) in [5.41, 5.74) is 1.07. The highest BCUT2D eigenvalue weighted by Crippen LogP contribution is 2.71. The molecular weight excluding hydrogens is 524 g/mol. The molecule has 41 heavy (non-hydrogen) atoms. The van der Waals surface area contributed by atoms with Gasteiger partial charge in [-0.3, -0.25) is 4.57 Å². The van der Waals surface area contributed by atoms with Crippen molar-refractivity contribution in [1.82, 2.24) is 14.0 Å². The first kappa shape index (κ1) is 26.1. The molecule has 6 atom stereocenters. The summed E-state index contributed by atoms with van der Waals surface area (Å²) in [6.45, 7) is 3.72. The molecular formula is C33H41F2N3O3. The molecule has 3 N–H and O–H groups in total. The molecule has 2 aromatic heterocycles. The number of hydrogen-bond acceptors (Lipinski definition) is 4. The van der Waals surface area contributed by atoms with Crippen LogP contribution in [-0.4, -0.2) is 60.5 Å². The van der Waals surface area contributed by atoms with E-state index in [4.69, 9.17) is 0 Å². The molecule has 8 heteroatoms. The van der Waals surface area contributed by atoms with E-state index in [1.807, 2.05) is 0 Å². The molecule has 4 fully saturated rings. The Morgan fingerprint density at radius 2 is 1.54 bits per heavy atom. The number of aromatic nitrogens is 2. The summed E-state index contributed by atoms with van der Waals surface area (Å²) in [4.78, 5) is 2.61. The number of likely N-dealkylation sites (tertiary alicyclic amines) is 1. The molecule has 2 bridgehead atoms. The van der Waals surface area contributed by atoms with Crippen LogP contribution in [0.5, 0.6) is 11.8 Å². The molecule has 1 saturated heterocycles. The van der Waals surface area contributed by atoms with E-state index in [1.165, 1.54) is 17.3 Å². The molecule has 0 amide bonds. The molecule has 4 aliphatic carbocycles. The maximum absolute atomic E-state index is 14.0. The maximum Gasteiger partial charge on any atom is 0.254 e. The topological polar surface area (TPSA) is 73.8 Å². The van der Waals surface area contributed by atoms with Crippen LogP contribution in [0.15, 0.2) is 36.5 Å². The minimum Gasteiger partial charge on any atom is -0.494 e. The Hall–Kier alpha value is -2.58. The summed E-state index contributed by atoms with van der Waals surface area (Å²) in [6, 6.07) is 11.3. The van der Waals surface area contributed by atoms with E-state index in [0.717, 1.165) is 51.7 Å². The SMILES string of the molecule is Oc1c2c(c(O)n1C[C@@H]1CCCC[C@H]1CN1CCC(n3ccc4ccccc43)CC1)C1CC2CC1(O)C1CC1(F)F. The maximum atomic E-state index is 14.0. The lowest BCUT2D eigenvalue weighted by Gasteiger charge is -2.39. The van der Waals surface area contributed by atoms with Crippen molar-refractivity contribution in [3.05, 3.63) is 47.7 Å². The number of benzene rings is 1. The van der Waals surface area contributed by atoms with Gasteiger partial charge in [0, 0.05) is 67.4 Å². The number of halogens is 2. The van der Waals surface area contributed by atoms with Crippen LogP contribution in [0.3, 0.4) is 0 Å². The van der Waals surface area contributed by atoms with Crippen molar-refractivity contribution in [2.45, 2.75) is 93.7 Å². The van der Waals surface area contributed by atoms with Crippen molar-refractivity contribution in [3.63, 3.8) is 0 Å². The molecule has 3 heterocycles. The molecule has 8 rings (SSSR count). The van der Waals surface area contributed by atoms with E-state index in [1.54, 1.807) is 4.57 Å². The van der Waals surface area contributed by atoms with Gasteiger partial charge in [0.05, 0.1) is 11.5 Å². The molecule has 1 aliphatic heterocycles. The van der Waals surface area contributed by atoms with Gasteiger partial charge in [-0.25, -0.2) is 8.78 Å². The molecule has 5 aliphatic rings.